The molecule has 3 rings (SSSR count). The van der Waals surface area contributed by atoms with Gasteiger partial charge >= 0.3 is 7.12 Å². The molecule has 0 bridgehead atoms. The van der Waals surface area contributed by atoms with E-state index in [0.717, 1.165) is 11.0 Å². The topological polar surface area (TPSA) is 27.7 Å². The lowest BCUT2D eigenvalue weighted by atomic mass is 9.79. The van der Waals surface area contributed by atoms with Crippen molar-refractivity contribution < 1.29 is 18.4 Å². The lowest BCUT2D eigenvalue weighted by Gasteiger charge is -2.32. The zero-order valence-electron chi connectivity index (χ0n) is 14.5. The van der Waals surface area contributed by atoms with Crippen LogP contribution in [0.25, 0.3) is 0 Å². The molecule has 2 aromatic carbocycles. The molecule has 1 aliphatic rings. The van der Waals surface area contributed by atoms with Crippen molar-refractivity contribution in [3.8, 4) is 5.75 Å². The lowest BCUT2D eigenvalue weighted by molar-refractivity contribution is 0.00578. The van der Waals surface area contributed by atoms with Gasteiger partial charge in [-0.1, -0.05) is 36.4 Å². The summed E-state index contributed by atoms with van der Waals surface area (Å²) in [6.07, 6.45) is 0. The Bertz CT molecular complexity index is 697. The molecule has 126 valence electrons. The predicted molar refractivity (Wildman–Crippen MR) is 92.9 cm³/mol. The number of rotatable bonds is 4. The Balaban J connectivity index is 1.65. The van der Waals surface area contributed by atoms with E-state index in [-0.39, 0.29) is 29.9 Å². The molecule has 0 atom stereocenters. The highest BCUT2D eigenvalue weighted by Crippen LogP contribution is 2.36. The summed E-state index contributed by atoms with van der Waals surface area (Å²) in [5.41, 5.74) is 1.20. The van der Waals surface area contributed by atoms with E-state index in [9.17, 15) is 4.39 Å². The molecular formula is C19H22BFO3. The second-order valence-electron chi connectivity index (χ2n) is 7.05. The molecule has 0 saturated carbocycles. The minimum absolute atomic E-state index is 0.257. The van der Waals surface area contributed by atoms with Crippen LogP contribution in [-0.2, 0) is 15.9 Å². The first-order valence-electron chi connectivity index (χ1n) is 8.10. The molecule has 0 amide bonds. The fraction of sp³-hybridized carbons (Fsp3) is 0.368. The number of hydrogen-bond acceptors (Lipinski definition) is 3. The number of ether oxygens (including phenoxy) is 1. The van der Waals surface area contributed by atoms with E-state index in [0.29, 0.717) is 6.61 Å². The van der Waals surface area contributed by atoms with Gasteiger partial charge in [0.15, 0.2) is 11.6 Å². The molecule has 1 aliphatic heterocycles. The van der Waals surface area contributed by atoms with Gasteiger partial charge in [-0.3, -0.25) is 0 Å². The van der Waals surface area contributed by atoms with Crippen molar-refractivity contribution in [2.24, 2.45) is 0 Å². The first-order chi connectivity index (χ1) is 11.3. The SMILES string of the molecule is CC1(C)OB(c2ccc(COc3ccccc3F)cc2)OC1(C)C. The second kappa shape index (κ2) is 6.23. The maximum absolute atomic E-state index is 13.5. The molecule has 3 nitrogen and oxygen atoms in total. The number of benzene rings is 2. The van der Waals surface area contributed by atoms with E-state index in [4.69, 9.17) is 14.0 Å². The average Bonchev–Trinajstić information content (AvgIpc) is 2.75. The highest BCUT2D eigenvalue weighted by Gasteiger charge is 2.51. The van der Waals surface area contributed by atoms with Crippen LogP contribution in [0.4, 0.5) is 4.39 Å². The van der Waals surface area contributed by atoms with E-state index in [2.05, 4.69) is 0 Å². The van der Waals surface area contributed by atoms with Crippen molar-refractivity contribution in [3.63, 3.8) is 0 Å². The summed E-state index contributed by atoms with van der Waals surface area (Å²) in [6.45, 7) is 8.44. The van der Waals surface area contributed by atoms with E-state index in [1.165, 1.54) is 6.07 Å². The van der Waals surface area contributed by atoms with E-state index in [1.807, 2.05) is 52.0 Å². The zero-order chi connectivity index (χ0) is 17.4. The third-order valence-corrected chi connectivity index (χ3v) is 4.74. The van der Waals surface area contributed by atoms with E-state index >= 15 is 0 Å². The van der Waals surface area contributed by atoms with Crippen molar-refractivity contribution in [1.82, 2.24) is 0 Å². The van der Waals surface area contributed by atoms with Gasteiger partial charge in [0, 0.05) is 0 Å². The molecule has 0 radical (unpaired) electrons. The fourth-order valence-electron chi connectivity index (χ4n) is 2.47. The Hall–Kier alpha value is -1.85. The van der Waals surface area contributed by atoms with Crippen LogP contribution in [0.3, 0.4) is 0 Å². The van der Waals surface area contributed by atoms with Gasteiger partial charge in [-0.15, -0.1) is 0 Å². The first kappa shape index (κ1) is 17.0. The molecule has 0 N–H and O–H groups in total. The van der Waals surface area contributed by atoms with Gasteiger partial charge in [-0.2, -0.15) is 0 Å². The summed E-state index contributed by atoms with van der Waals surface area (Å²) in [6, 6.07) is 14.2. The van der Waals surface area contributed by atoms with Crippen LogP contribution in [0, 0.1) is 5.82 Å². The third-order valence-electron chi connectivity index (χ3n) is 4.74. The largest absolute Gasteiger partial charge is 0.494 e. The lowest BCUT2D eigenvalue weighted by Crippen LogP contribution is -2.41. The molecule has 0 aromatic heterocycles. The molecule has 24 heavy (non-hydrogen) atoms. The number of para-hydroxylation sites is 1. The van der Waals surface area contributed by atoms with Crippen molar-refractivity contribution >= 4 is 12.6 Å². The summed E-state index contributed by atoms with van der Waals surface area (Å²) in [5.74, 6) is -0.0983. The van der Waals surface area contributed by atoms with Gasteiger partial charge in [-0.05, 0) is 50.9 Å². The Kier molecular flexibility index (Phi) is 4.41. The van der Waals surface area contributed by atoms with Crippen LogP contribution in [0.1, 0.15) is 33.3 Å². The monoisotopic (exact) mass is 328 g/mol. The molecular weight excluding hydrogens is 306 g/mol. The molecule has 2 aromatic rings. The van der Waals surface area contributed by atoms with Gasteiger partial charge in [-0.25, -0.2) is 4.39 Å². The Morgan fingerprint density at radius 2 is 1.50 bits per heavy atom. The van der Waals surface area contributed by atoms with Crippen LogP contribution in [0.5, 0.6) is 5.75 Å². The van der Waals surface area contributed by atoms with E-state index < -0.39 is 0 Å². The van der Waals surface area contributed by atoms with E-state index in [1.54, 1.807) is 18.2 Å². The minimum atomic E-state index is -0.378. The molecule has 1 saturated heterocycles. The standard InChI is InChI=1S/C19H22BFO3/c1-18(2)19(3,4)24-20(23-18)15-11-9-14(10-12-15)13-22-17-8-6-5-7-16(17)21/h5-12H,13H2,1-4H3. The summed E-state index contributed by atoms with van der Waals surface area (Å²) >= 11 is 0. The average molecular weight is 328 g/mol. The zero-order valence-corrected chi connectivity index (χ0v) is 14.5. The summed E-state index contributed by atoms with van der Waals surface area (Å²) in [5, 5.41) is 0. The molecule has 5 heteroatoms. The molecule has 1 fully saturated rings. The summed E-state index contributed by atoms with van der Waals surface area (Å²) in [4.78, 5) is 0. The maximum atomic E-state index is 13.5. The Labute approximate surface area is 142 Å². The summed E-state index contributed by atoms with van der Waals surface area (Å²) in [7, 11) is -0.378. The number of hydrogen-bond donors (Lipinski definition) is 0. The van der Waals surface area contributed by atoms with Crippen LogP contribution < -0.4 is 10.2 Å². The van der Waals surface area contributed by atoms with Gasteiger partial charge in [0.25, 0.3) is 0 Å². The van der Waals surface area contributed by atoms with Crippen molar-refractivity contribution in [1.29, 1.82) is 0 Å². The van der Waals surface area contributed by atoms with Crippen molar-refractivity contribution in [2.75, 3.05) is 0 Å². The maximum Gasteiger partial charge on any atom is 0.494 e. The molecule has 0 aliphatic carbocycles. The highest BCUT2D eigenvalue weighted by molar-refractivity contribution is 6.62. The van der Waals surface area contributed by atoms with Gasteiger partial charge in [0.1, 0.15) is 6.61 Å². The molecule has 0 unspecified atom stereocenters. The van der Waals surface area contributed by atoms with Crippen LogP contribution in [-0.4, -0.2) is 18.3 Å². The van der Waals surface area contributed by atoms with Gasteiger partial charge < -0.3 is 14.0 Å². The first-order valence-corrected chi connectivity index (χ1v) is 8.10. The van der Waals surface area contributed by atoms with Gasteiger partial charge in [0.05, 0.1) is 11.2 Å². The highest BCUT2D eigenvalue weighted by atomic mass is 19.1. The smallest absolute Gasteiger partial charge is 0.486 e. The second-order valence-corrected chi connectivity index (χ2v) is 7.05. The Morgan fingerprint density at radius 3 is 2.08 bits per heavy atom. The van der Waals surface area contributed by atoms with Crippen molar-refractivity contribution in [2.45, 2.75) is 45.5 Å². The van der Waals surface area contributed by atoms with Crippen molar-refractivity contribution in [3.05, 3.63) is 59.9 Å². The molecule has 0 spiro atoms. The normalized spacial score (nSPS) is 18.6. The fourth-order valence-corrected chi connectivity index (χ4v) is 2.47. The van der Waals surface area contributed by atoms with Crippen LogP contribution in [0.2, 0.25) is 0 Å². The predicted octanol–water partition coefficient (Wildman–Crippen LogP) is 3.70. The van der Waals surface area contributed by atoms with Crippen LogP contribution in [0.15, 0.2) is 48.5 Å². The minimum Gasteiger partial charge on any atom is -0.486 e. The van der Waals surface area contributed by atoms with Crippen LogP contribution >= 0.6 is 0 Å². The quantitative estimate of drug-likeness (QED) is 0.801. The van der Waals surface area contributed by atoms with Gasteiger partial charge in [0.2, 0.25) is 0 Å². The summed E-state index contributed by atoms with van der Waals surface area (Å²) < 4.78 is 31.1. The number of halogens is 1. The third kappa shape index (κ3) is 3.33. The molecule has 1 heterocycles. The Morgan fingerprint density at radius 1 is 0.917 bits per heavy atom.